The minimum atomic E-state index is -0.506. The SMILES string of the molecule is CCC(=O)OCCOC(=O)c1cc2occc2[nH]1. The Balaban J connectivity index is 1.81. The Bertz CT molecular complexity index is 525. The van der Waals surface area contributed by atoms with E-state index in [-0.39, 0.29) is 19.2 Å². The summed E-state index contributed by atoms with van der Waals surface area (Å²) in [4.78, 5) is 25.3. The maximum Gasteiger partial charge on any atom is 0.355 e. The number of rotatable bonds is 5. The van der Waals surface area contributed by atoms with Crippen molar-refractivity contribution in [2.75, 3.05) is 13.2 Å². The molecule has 0 bridgehead atoms. The molecule has 0 saturated heterocycles. The molecule has 0 spiro atoms. The van der Waals surface area contributed by atoms with Crippen LogP contribution in [0.25, 0.3) is 11.1 Å². The summed E-state index contributed by atoms with van der Waals surface area (Å²) in [5, 5.41) is 0. The highest BCUT2D eigenvalue weighted by Crippen LogP contribution is 2.16. The van der Waals surface area contributed by atoms with Crippen molar-refractivity contribution in [3.8, 4) is 0 Å². The molecule has 0 aliphatic rings. The average molecular weight is 251 g/mol. The fourth-order valence-corrected chi connectivity index (χ4v) is 1.43. The molecule has 1 N–H and O–H groups in total. The van der Waals surface area contributed by atoms with Gasteiger partial charge in [-0.15, -0.1) is 0 Å². The number of fused-ring (bicyclic) bond motifs is 1. The van der Waals surface area contributed by atoms with Crippen molar-refractivity contribution in [2.45, 2.75) is 13.3 Å². The van der Waals surface area contributed by atoms with Gasteiger partial charge in [0, 0.05) is 18.6 Å². The molecule has 0 radical (unpaired) electrons. The van der Waals surface area contributed by atoms with Gasteiger partial charge in [-0.05, 0) is 0 Å². The van der Waals surface area contributed by atoms with Gasteiger partial charge in [0.2, 0.25) is 0 Å². The molecule has 0 aliphatic carbocycles. The molecule has 96 valence electrons. The van der Waals surface area contributed by atoms with Gasteiger partial charge in [0.05, 0.1) is 11.8 Å². The lowest BCUT2D eigenvalue weighted by Crippen LogP contribution is -2.13. The van der Waals surface area contributed by atoms with Crippen LogP contribution in [0.4, 0.5) is 0 Å². The van der Waals surface area contributed by atoms with E-state index in [1.54, 1.807) is 19.1 Å². The predicted octanol–water partition coefficient (Wildman–Crippen LogP) is 1.87. The highest BCUT2D eigenvalue weighted by atomic mass is 16.6. The second kappa shape index (κ2) is 5.39. The highest BCUT2D eigenvalue weighted by Gasteiger charge is 2.12. The molecule has 6 heteroatoms. The molecule has 18 heavy (non-hydrogen) atoms. The Kier molecular flexibility index (Phi) is 3.66. The normalized spacial score (nSPS) is 10.5. The van der Waals surface area contributed by atoms with Crippen LogP contribution in [0.15, 0.2) is 22.8 Å². The van der Waals surface area contributed by atoms with Crippen LogP contribution in [-0.4, -0.2) is 30.1 Å². The van der Waals surface area contributed by atoms with Crippen molar-refractivity contribution in [3.63, 3.8) is 0 Å². The molecule has 0 atom stereocenters. The van der Waals surface area contributed by atoms with Gasteiger partial charge in [-0.1, -0.05) is 6.92 Å². The van der Waals surface area contributed by atoms with Crippen LogP contribution in [0, 0.1) is 0 Å². The van der Waals surface area contributed by atoms with Gasteiger partial charge in [0.25, 0.3) is 0 Å². The van der Waals surface area contributed by atoms with Crippen molar-refractivity contribution in [2.24, 2.45) is 0 Å². The van der Waals surface area contributed by atoms with E-state index in [1.165, 1.54) is 6.26 Å². The van der Waals surface area contributed by atoms with Crippen LogP contribution in [0.5, 0.6) is 0 Å². The van der Waals surface area contributed by atoms with Gasteiger partial charge in [-0.25, -0.2) is 4.79 Å². The van der Waals surface area contributed by atoms with Gasteiger partial charge < -0.3 is 18.9 Å². The quantitative estimate of drug-likeness (QED) is 0.648. The van der Waals surface area contributed by atoms with Crippen LogP contribution in [-0.2, 0) is 14.3 Å². The third-order valence-electron chi connectivity index (χ3n) is 2.33. The lowest BCUT2D eigenvalue weighted by Gasteiger charge is -2.04. The molecule has 2 heterocycles. The zero-order valence-corrected chi connectivity index (χ0v) is 9.89. The number of ether oxygens (including phenoxy) is 2. The zero-order chi connectivity index (χ0) is 13.0. The number of H-pyrrole nitrogens is 1. The molecule has 2 aromatic heterocycles. The summed E-state index contributed by atoms with van der Waals surface area (Å²) in [6.45, 7) is 1.79. The van der Waals surface area contributed by atoms with Crippen LogP contribution in [0.1, 0.15) is 23.8 Å². The number of nitrogens with one attached hydrogen (secondary N) is 1. The van der Waals surface area contributed by atoms with Gasteiger partial charge in [-0.3, -0.25) is 4.79 Å². The van der Waals surface area contributed by atoms with Crippen LogP contribution in [0.3, 0.4) is 0 Å². The van der Waals surface area contributed by atoms with E-state index in [0.717, 1.165) is 5.52 Å². The fraction of sp³-hybridized carbons (Fsp3) is 0.333. The van der Waals surface area contributed by atoms with Crippen LogP contribution in [0.2, 0.25) is 0 Å². The Morgan fingerprint density at radius 2 is 2.11 bits per heavy atom. The lowest BCUT2D eigenvalue weighted by molar-refractivity contribution is -0.144. The Morgan fingerprint density at radius 3 is 2.83 bits per heavy atom. The number of hydrogen-bond acceptors (Lipinski definition) is 5. The molecule has 2 rings (SSSR count). The number of carbonyl (C=O) groups is 2. The molecular formula is C12H13NO5. The van der Waals surface area contributed by atoms with E-state index in [9.17, 15) is 9.59 Å². The Labute approximate surface area is 103 Å². The summed E-state index contributed by atoms with van der Waals surface area (Å²) < 4.78 is 14.8. The van der Waals surface area contributed by atoms with Crippen molar-refractivity contribution < 1.29 is 23.5 Å². The first-order valence-corrected chi connectivity index (χ1v) is 5.59. The van der Waals surface area contributed by atoms with Crippen molar-refractivity contribution in [3.05, 3.63) is 24.1 Å². The summed E-state index contributed by atoms with van der Waals surface area (Å²) in [6, 6.07) is 3.28. The van der Waals surface area contributed by atoms with Gasteiger partial charge in [-0.2, -0.15) is 0 Å². The Morgan fingerprint density at radius 1 is 1.33 bits per heavy atom. The summed E-state index contributed by atoms with van der Waals surface area (Å²) in [5.74, 6) is -0.822. The van der Waals surface area contributed by atoms with Crippen LogP contribution >= 0.6 is 0 Å². The molecule has 0 saturated carbocycles. The molecule has 0 fully saturated rings. The standard InChI is InChI=1S/C12H13NO5/c1-2-11(14)17-5-6-18-12(15)9-7-10-8(13-9)3-4-16-10/h3-4,7,13H,2,5-6H2,1H3. The van der Waals surface area contributed by atoms with Crippen LogP contribution < -0.4 is 0 Å². The topological polar surface area (TPSA) is 81.5 Å². The highest BCUT2D eigenvalue weighted by molar-refractivity contribution is 5.93. The summed E-state index contributed by atoms with van der Waals surface area (Å²) in [7, 11) is 0. The van der Waals surface area contributed by atoms with Gasteiger partial charge in [0.15, 0.2) is 5.58 Å². The lowest BCUT2D eigenvalue weighted by atomic mass is 10.4. The van der Waals surface area contributed by atoms with Crippen molar-refractivity contribution >= 4 is 23.0 Å². The average Bonchev–Trinajstić information content (AvgIpc) is 2.94. The first-order valence-electron chi connectivity index (χ1n) is 5.59. The molecule has 0 aromatic carbocycles. The monoisotopic (exact) mass is 251 g/mol. The first kappa shape index (κ1) is 12.2. The summed E-state index contributed by atoms with van der Waals surface area (Å²) in [5.41, 5.74) is 1.64. The zero-order valence-electron chi connectivity index (χ0n) is 9.89. The molecule has 6 nitrogen and oxygen atoms in total. The second-order valence-corrected chi connectivity index (χ2v) is 3.59. The number of esters is 2. The minimum absolute atomic E-state index is 0.0327. The Hall–Kier alpha value is -2.24. The molecule has 0 amide bonds. The predicted molar refractivity (Wildman–Crippen MR) is 62.1 cm³/mol. The minimum Gasteiger partial charge on any atom is -0.463 e. The smallest absolute Gasteiger partial charge is 0.355 e. The summed E-state index contributed by atoms with van der Waals surface area (Å²) >= 11 is 0. The van der Waals surface area contributed by atoms with E-state index >= 15 is 0 Å². The van der Waals surface area contributed by atoms with E-state index < -0.39 is 5.97 Å². The second-order valence-electron chi connectivity index (χ2n) is 3.59. The van der Waals surface area contributed by atoms with Crippen molar-refractivity contribution in [1.82, 2.24) is 4.98 Å². The number of aromatic nitrogens is 1. The molecular weight excluding hydrogens is 238 g/mol. The first-order chi connectivity index (χ1) is 8.70. The third-order valence-corrected chi connectivity index (χ3v) is 2.33. The number of aromatic amines is 1. The number of carbonyl (C=O) groups excluding carboxylic acids is 2. The number of hydrogen-bond donors (Lipinski definition) is 1. The largest absolute Gasteiger partial charge is 0.463 e. The number of furan rings is 1. The molecule has 0 aliphatic heterocycles. The summed E-state index contributed by atoms with van der Waals surface area (Å²) in [6.07, 6.45) is 1.83. The van der Waals surface area contributed by atoms with E-state index in [0.29, 0.717) is 17.7 Å². The van der Waals surface area contributed by atoms with E-state index in [2.05, 4.69) is 4.98 Å². The maximum atomic E-state index is 11.6. The third kappa shape index (κ3) is 2.71. The molecule has 0 unspecified atom stereocenters. The van der Waals surface area contributed by atoms with E-state index in [4.69, 9.17) is 13.9 Å². The van der Waals surface area contributed by atoms with Gasteiger partial charge in [0.1, 0.15) is 18.9 Å². The van der Waals surface area contributed by atoms with Crippen molar-refractivity contribution in [1.29, 1.82) is 0 Å². The van der Waals surface area contributed by atoms with Gasteiger partial charge >= 0.3 is 11.9 Å². The maximum absolute atomic E-state index is 11.6. The molecule has 2 aromatic rings. The van der Waals surface area contributed by atoms with E-state index in [1.807, 2.05) is 0 Å². The fourth-order valence-electron chi connectivity index (χ4n) is 1.43.